The number of aromatic nitrogens is 3. The Hall–Kier alpha value is -2.53. The van der Waals surface area contributed by atoms with Crippen molar-refractivity contribution < 1.29 is 4.79 Å². The lowest BCUT2D eigenvalue weighted by atomic mass is 10.0. The molecule has 2 aromatic heterocycles. The lowest BCUT2D eigenvalue weighted by molar-refractivity contribution is 0.111. The van der Waals surface area contributed by atoms with E-state index < -0.39 is 0 Å². The van der Waals surface area contributed by atoms with E-state index in [0.29, 0.717) is 22.8 Å². The van der Waals surface area contributed by atoms with Crippen molar-refractivity contribution in [1.29, 1.82) is 5.26 Å². The molecule has 0 bridgehead atoms. The molecule has 6 nitrogen and oxygen atoms in total. The lowest BCUT2D eigenvalue weighted by Crippen LogP contribution is -2.04. The molecular formula is C18H18ClN5OS. The van der Waals surface area contributed by atoms with Crippen molar-refractivity contribution in [3.05, 3.63) is 56.3 Å². The highest BCUT2D eigenvalue weighted by atomic mass is 35.5. The number of rotatable bonds is 4. The molecule has 2 heterocycles. The standard InChI is InChI=1S/C17H13ClN4OS.CH5N/c1-10-17(12-3-4-13(6-19)15(18)5-12)11(2)22(21-10)7-16-20-14(8-23)9-24-16;1-2/h3-5,8-9H,7H2,1-2H3;2H2,1H3. The summed E-state index contributed by atoms with van der Waals surface area (Å²) in [5.41, 5.74) is 9.17. The van der Waals surface area contributed by atoms with Crippen molar-refractivity contribution in [2.24, 2.45) is 5.73 Å². The Kier molecular flexibility index (Phi) is 6.64. The van der Waals surface area contributed by atoms with Gasteiger partial charge in [-0.05, 0) is 38.6 Å². The number of aryl methyl sites for hydroxylation is 1. The predicted molar refractivity (Wildman–Crippen MR) is 104 cm³/mol. The Morgan fingerprint density at radius 2 is 2.12 bits per heavy atom. The molecule has 1 aromatic carbocycles. The van der Waals surface area contributed by atoms with E-state index >= 15 is 0 Å². The first kappa shape index (κ1) is 19.8. The maximum Gasteiger partial charge on any atom is 0.169 e. The number of nitrogens with two attached hydrogens (primary N) is 1. The van der Waals surface area contributed by atoms with Gasteiger partial charge in [0.1, 0.15) is 16.8 Å². The average molecular weight is 388 g/mol. The number of benzene rings is 1. The maximum atomic E-state index is 10.8. The van der Waals surface area contributed by atoms with Gasteiger partial charge in [-0.15, -0.1) is 11.3 Å². The first-order chi connectivity index (χ1) is 12.5. The smallest absolute Gasteiger partial charge is 0.169 e. The van der Waals surface area contributed by atoms with Crippen LogP contribution < -0.4 is 5.73 Å². The minimum atomic E-state index is 0.428. The molecule has 26 heavy (non-hydrogen) atoms. The molecule has 2 N–H and O–H groups in total. The van der Waals surface area contributed by atoms with Crippen molar-refractivity contribution in [3.63, 3.8) is 0 Å². The molecule has 0 radical (unpaired) electrons. The Morgan fingerprint density at radius 1 is 1.38 bits per heavy atom. The molecular weight excluding hydrogens is 370 g/mol. The SMILES string of the molecule is CN.Cc1nn(Cc2nc(C=O)cs2)c(C)c1-c1ccc(C#N)c(Cl)c1. The molecule has 134 valence electrons. The minimum absolute atomic E-state index is 0.428. The second kappa shape index (κ2) is 8.72. The highest BCUT2D eigenvalue weighted by molar-refractivity contribution is 7.09. The fourth-order valence-electron chi connectivity index (χ4n) is 2.61. The lowest BCUT2D eigenvalue weighted by Gasteiger charge is -2.05. The van der Waals surface area contributed by atoms with E-state index in [2.05, 4.69) is 21.9 Å². The fourth-order valence-corrected chi connectivity index (χ4v) is 3.55. The highest BCUT2D eigenvalue weighted by Crippen LogP contribution is 2.30. The topological polar surface area (TPSA) is 97.6 Å². The van der Waals surface area contributed by atoms with Crippen LogP contribution in [-0.4, -0.2) is 28.1 Å². The maximum absolute atomic E-state index is 10.8. The molecule has 0 atom stereocenters. The van der Waals surface area contributed by atoms with Gasteiger partial charge >= 0.3 is 0 Å². The van der Waals surface area contributed by atoms with Crippen LogP contribution in [0.15, 0.2) is 23.6 Å². The van der Waals surface area contributed by atoms with Gasteiger partial charge in [-0.25, -0.2) is 4.98 Å². The van der Waals surface area contributed by atoms with E-state index in [1.54, 1.807) is 17.5 Å². The number of nitrogens with zero attached hydrogens (tertiary/aromatic N) is 4. The van der Waals surface area contributed by atoms with Gasteiger partial charge in [-0.3, -0.25) is 9.48 Å². The molecule has 0 aliphatic rings. The third-order valence-electron chi connectivity index (χ3n) is 3.73. The van der Waals surface area contributed by atoms with Crippen molar-refractivity contribution >= 4 is 29.2 Å². The van der Waals surface area contributed by atoms with Crippen LogP contribution >= 0.6 is 22.9 Å². The van der Waals surface area contributed by atoms with Gasteiger partial charge < -0.3 is 5.73 Å². The number of hydrogen-bond acceptors (Lipinski definition) is 6. The zero-order valence-electron chi connectivity index (χ0n) is 14.7. The van der Waals surface area contributed by atoms with Crippen LogP contribution in [0.4, 0.5) is 0 Å². The molecule has 0 spiro atoms. The summed E-state index contributed by atoms with van der Waals surface area (Å²) in [5, 5.41) is 16.6. The Bertz CT molecular complexity index is 971. The number of thiazole rings is 1. The summed E-state index contributed by atoms with van der Waals surface area (Å²) in [6, 6.07) is 7.44. The molecule has 0 amide bonds. The predicted octanol–water partition coefficient (Wildman–Crippen LogP) is 3.58. The number of aldehydes is 1. The van der Waals surface area contributed by atoms with Gasteiger partial charge in [0.2, 0.25) is 0 Å². The van der Waals surface area contributed by atoms with Gasteiger partial charge in [0.25, 0.3) is 0 Å². The molecule has 3 rings (SSSR count). The first-order valence-electron chi connectivity index (χ1n) is 7.75. The third kappa shape index (κ3) is 3.99. The molecule has 8 heteroatoms. The van der Waals surface area contributed by atoms with E-state index in [1.165, 1.54) is 18.4 Å². The van der Waals surface area contributed by atoms with Crippen LogP contribution in [0.25, 0.3) is 11.1 Å². The summed E-state index contributed by atoms with van der Waals surface area (Å²) in [4.78, 5) is 15.0. The summed E-state index contributed by atoms with van der Waals surface area (Å²) in [5.74, 6) is 0. The number of carbonyl (C=O) groups excluding carboxylic acids is 1. The summed E-state index contributed by atoms with van der Waals surface area (Å²) in [7, 11) is 1.50. The quantitative estimate of drug-likeness (QED) is 0.690. The van der Waals surface area contributed by atoms with Crippen LogP contribution in [0.1, 0.15) is 32.4 Å². The van der Waals surface area contributed by atoms with Crippen LogP contribution in [0.3, 0.4) is 0 Å². The third-order valence-corrected chi connectivity index (χ3v) is 4.90. The van der Waals surface area contributed by atoms with Gasteiger partial charge in [0, 0.05) is 16.6 Å². The summed E-state index contributed by atoms with van der Waals surface area (Å²) >= 11 is 7.58. The van der Waals surface area contributed by atoms with Gasteiger partial charge in [0.15, 0.2) is 6.29 Å². The van der Waals surface area contributed by atoms with Crippen molar-refractivity contribution in [2.45, 2.75) is 20.4 Å². The molecule has 0 unspecified atom stereocenters. The molecule has 0 fully saturated rings. The highest BCUT2D eigenvalue weighted by Gasteiger charge is 2.16. The van der Waals surface area contributed by atoms with Crippen molar-refractivity contribution in [1.82, 2.24) is 14.8 Å². The number of nitriles is 1. The number of halogens is 1. The van der Waals surface area contributed by atoms with E-state index in [-0.39, 0.29) is 0 Å². The van der Waals surface area contributed by atoms with Crippen LogP contribution in [0.5, 0.6) is 0 Å². The fraction of sp³-hybridized carbons (Fsp3) is 0.222. The van der Waals surface area contributed by atoms with E-state index in [1.807, 2.05) is 24.6 Å². The molecule has 0 aliphatic heterocycles. The zero-order chi connectivity index (χ0) is 19.3. The number of hydrogen-bond donors (Lipinski definition) is 1. The summed E-state index contributed by atoms with van der Waals surface area (Å²) in [6.45, 7) is 4.43. The molecule has 0 saturated carbocycles. The summed E-state index contributed by atoms with van der Waals surface area (Å²) < 4.78 is 1.87. The van der Waals surface area contributed by atoms with E-state index in [4.69, 9.17) is 16.9 Å². The van der Waals surface area contributed by atoms with Crippen LogP contribution in [-0.2, 0) is 6.54 Å². The largest absolute Gasteiger partial charge is 0.333 e. The molecule has 0 saturated heterocycles. The van der Waals surface area contributed by atoms with E-state index in [0.717, 1.165) is 33.8 Å². The Labute approximate surface area is 160 Å². The normalized spacial score (nSPS) is 10.0. The van der Waals surface area contributed by atoms with E-state index in [9.17, 15) is 4.79 Å². The van der Waals surface area contributed by atoms with Crippen LogP contribution in [0, 0.1) is 25.2 Å². The van der Waals surface area contributed by atoms with Crippen molar-refractivity contribution in [2.75, 3.05) is 7.05 Å². The summed E-state index contributed by atoms with van der Waals surface area (Å²) in [6.07, 6.45) is 0.741. The van der Waals surface area contributed by atoms with Crippen molar-refractivity contribution in [3.8, 4) is 17.2 Å². The molecule has 3 aromatic rings. The second-order valence-corrected chi connectivity index (χ2v) is 6.64. The molecule has 0 aliphatic carbocycles. The van der Waals surface area contributed by atoms with Gasteiger partial charge in [-0.2, -0.15) is 10.4 Å². The van der Waals surface area contributed by atoms with Gasteiger partial charge in [-0.1, -0.05) is 17.7 Å². The van der Waals surface area contributed by atoms with Crippen LogP contribution in [0.2, 0.25) is 5.02 Å². The Balaban J connectivity index is 0.00000117. The number of carbonyl (C=O) groups is 1. The first-order valence-corrected chi connectivity index (χ1v) is 9.00. The monoisotopic (exact) mass is 387 g/mol. The minimum Gasteiger partial charge on any atom is -0.333 e. The zero-order valence-corrected chi connectivity index (χ0v) is 16.2. The Morgan fingerprint density at radius 3 is 2.69 bits per heavy atom. The second-order valence-electron chi connectivity index (χ2n) is 5.29. The van der Waals surface area contributed by atoms with Gasteiger partial charge in [0.05, 0.1) is 22.8 Å². The average Bonchev–Trinajstić information content (AvgIpc) is 3.21.